The first-order chi connectivity index (χ1) is 11.4. The highest BCUT2D eigenvalue weighted by Crippen LogP contribution is 2.15. The Hall–Kier alpha value is -2.83. The molecule has 2 aromatic rings. The molecule has 1 amide bonds. The van der Waals surface area contributed by atoms with Gasteiger partial charge < -0.3 is 19.6 Å². The van der Waals surface area contributed by atoms with E-state index in [0.29, 0.717) is 11.5 Å². The van der Waals surface area contributed by atoms with Crippen molar-refractivity contribution in [2.24, 2.45) is 5.92 Å². The zero-order chi connectivity index (χ0) is 17.7. The van der Waals surface area contributed by atoms with Crippen LogP contribution in [0.2, 0.25) is 0 Å². The minimum Gasteiger partial charge on any atom is -0.486 e. The number of carbonyl (C=O) groups excluding carboxylic acids is 1. The van der Waals surface area contributed by atoms with Crippen LogP contribution in [0.1, 0.15) is 30.2 Å². The highest BCUT2D eigenvalue weighted by atomic mass is 19.1. The van der Waals surface area contributed by atoms with Gasteiger partial charge in [0.2, 0.25) is 0 Å². The largest absolute Gasteiger partial charge is 0.486 e. The molecule has 7 heteroatoms. The first-order valence-corrected chi connectivity index (χ1v) is 7.37. The predicted octanol–water partition coefficient (Wildman–Crippen LogP) is 2.84. The molecule has 1 aromatic carbocycles. The third kappa shape index (κ3) is 4.58. The fourth-order valence-corrected chi connectivity index (χ4v) is 1.99. The first-order valence-electron chi connectivity index (χ1n) is 7.37. The molecule has 24 heavy (non-hydrogen) atoms. The molecule has 1 heterocycles. The smallest absolute Gasteiger partial charge is 0.326 e. The van der Waals surface area contributed by atoms with Gasteiger partial charge in [-0.25, -0.2) is 9.18 Å². The highest BCUT2D eigenvalue weighted by Gasteiger charge is 2.25. The highest BCUT2D eigenvalue weighted by molar-refractivity contribution is 5.94. The Morgan fingerprint density at radius 2 is 1.88 bits per heavy atom. The zero-order valence-corrected chi connectivity index (χ0v) is 13.3. The van der Waals surface area contributed by atoms with E-state index in [9.17, 15) is 14.0 Å². The van der Waals surface area contributed by atoms with Crippen molar-refractivity contribution in [3.63, 3.8) is 0 Å². The molecule has 2 rings (SSSR count). The third-order valence-electron chi connectivity index (χ3n) is 3.30. The van der Waals surface area contributed by atoms with Crippen molar-refractivity contribution < 1.29 is 28.2 Å². The molecule has 1 atom stereocenters. The maximum Gasteiger partial charge on any atom is 0.326 e. The average molecular weight is 335 g/mol. The van der Waals surface area contributed by atoms with Crippen molar-refractivity contribution in [1.29, 1.82) is 0 Å². The Kier molecular flexibility index (Phi) is 5.57. The van der Waals surface area contributed by atoms with Crippen LogP contribution in [-0.2, 0) is 11.4 Å². The fraction of sp³-hybridized carbons (Fsp3) is 0.294. The number of carboxylic acid groups (broad SMARTS) is 1. The molecule has 6 nitrogen and oxygen atoms in total. The number of halogens is 1. The lowest BCUT2D eigenvalue weighted by Crippen LogP contribution is -2.44. The summed E-state index contributed by atoms with van der Waals surface area (Å²) in [5.41, 5.74) is 0. The van der Waals surface area contributed by atoms with E-state index < -0.39 is 17.9 Å². The Balaban J connectivity index is 1.95. The van der Waals surface area contributed by atoms with Gasteiger partial charge in [-0.05, 0) is 42.3 Å². The van der Waals surface area contributed by atoms with Gasteiger partial charge in [-0.1, -0.05) is 13.8 Å². The molecule has 0 aliphatic rings. The van der Waals surface area contributed by atoms with E-state index in [-0.39, 0.29) is 24.1 Å². The molecule has 0 spiro atoms. The number of carbonyl (C=O) groups is 2. The molecule has 0 bridgehead atoms. The van der Waals surface area contributed by atoms with Crippen LogP contribution < -0.4 is 10.1 Å². The second-order valence-electron chi connectivity index (χ2n) is 5.54. The Bertz CT molecular complexity index is 708. The first kappa shape index (κ1) is 17.5. The number of carboxylic acids is 1. The Morgan fingerprint density at radius 3 is 2.46 bits per heavy atom. The molecule has 128 valence electrons. The van der Waals surface area contributed by atoms with E-state index >= 15 is 0 Å². The van der Waals surface area contributed by atoms with Gasteiger partial charge >= 0.3 is 5.97 Å². The molecule has 0 saturated heterocycles. The predicted molar refractivity (Wildman–Crippen MR) is 83.2 cm³/mol. The summed E-state index contributed by atoms with van der Waals surface area (Å²) in [5.74, 6) is -1.49. The van der Waals surface area contributed by atoms with E-state index in [0.717, 1.165) is 0 Å². The average Bonchev–Trinajstić information content (AvgIpc) is 3.00. The summed E-state index contributed by atoms with van der Waals surface area (Å²) < 4.78 is 23.6. The second kappa shape index (κ2) is 7.63. The minimum atomic E-state index is -1.11. The number of benzene rings is 1. The summed E-state index contributed by atoms with van der Waals surface area (Å²) in [5, 5.41) is 11.5. The van der Waals surface area contributed by atoms with Gasteiger partial charge in [0.25, 0.3) is 5.91 Å². The lowest BCUT2D eigenvalue weighted by atomic mass is 10.0. The van der Waals surface area contributed by atoms with Crippen molar-refractivity contribution in [2.45, 2.75) is 26.5 Å². The maximum atomic E-state index is 12.8. The normalized spacial score (nSPS) is 12.0. The SMILES string of the molecule is CC(C)C(NC(=O)c1ccc(COc2ccc(F)cc2)o1)C(=O)O. The third-order valence-corrected chi connectivity index (χ3v) is 3.30. The maximum absolute atomic E-state index is 12.8. The summed E-state index contributed by atoms with van der Waals surface area (Å²) in [6.07, 6.45) is 0. The van der Waals surface area contributed by atoms with Crippen LogP contribution in [0.25, 0.3) is 0 Å². The van der Waals surface area contributed by atoms with E-state index in [1.807, 2.05) is 0 Å². The van der Waals surface area contributed by atoms with Crippen LogP contribution in [0.3, 0.4) is 0 Å². The van der Waals surface area contributed by atoms with Crippen molar-refractivity contribution in [2.75, 3.05) is 0 Å². The summed E-state index contributed by atoms with van der Waals surface area (Å²) in [6.45, 7) is 3.46. The molecule has 0 radical (unpaired) electrons. The Labute approximate surface area is 138 Å². The molecule has 0 aliphatic carbocycles. The second-order valence-corrected chi connectivity index (χ2v) is 5.54. The summed E-state index contributed by atoms with van der Waals surface area (Å²) in [4.78, 5) is 23.1. The minimum absolute atomic E-state index is 0.000365. The van der Waals surface area contributed by atoms with Crippen LogP contribution in [0.4, 0.5) is 4.39 Å². The van der Waals surface area contributed by atoms with Crippen LogP contribution in [-0.4, -0.2) is 23.0 Å². The van der Waals surface area contributed by atoms with E-state index in [4.69, 9.17) is 14.3 Å². The van der Waals surface area contributed by atoms with Crippen molar-refractivity contribution in [3.8, 4) is 5.75 Å². The van der Waals surface area contributed by atoms with Gasteiger partial charge in [0.15, 0.2) is 5.76 Å². The standard InChI is InChI=1S/C17H18FNO5/c1-10(2)15(17(21)22)19-16(20)14-8-7-13(24-14)9-23-12-5-3-11(18)4-6-12/h3-8,10,15H,9H2,1-2H3,(H,19,20)(H,21,22). The van der Waals surface area contributed by atoms with Gasteiger partial charge in [0, 0.05) is 0 Å². The quantitative estimate of drug-likeness (QED) is 0.812. The van der Waals surface area contributed by atoms with Gasteiger partial charge in [-0.3, -0.25) is 4.79 Å². The summed E-state index contributed by atoms with van der Waals surface area (Å²) in [7, 11) is 0. The van der Waals surface area contributed by atoms with E-state index in [2.05, 4.69) is 5.32 Å². The molecule has 0 aliphatic heterocycles. The summed E-state index contributed by atoms with van der Waals surface area (Å²) >= 11 is 0. The number of furan rings is 1. The van der Waals surface area contributed by atoms with Crippen molar-refractivity contribution in [1.82, 2.24) is 5.32 Å². The van der Waals surface area contributed by atoms with Gasteiger partial charge in [-0.15, -0.1) is 0 Å². The van der Waals surface area contributed by atoms with Gasteiger partial charge in [0.1, 0.15) is 30.0 Å². The monoisotopic (exact) mass is 335 g/mol. The van der Waals surface area contributed by atoms with Crippen LogP contribution >= 0.6 is 0 Å². The van der Waals surface area contributed by atoms with Crippen molar-refractivity contribution in [3.05, 3.63) is 53.7 Å². The lowest BCUT2D eigenvalue weighted by Gasteiger charge is -2.16. The number of rotatable bonds is 7. The number of ether oxygens (including phenoxy) is 1. The van der Waals surface area contributed by atoms with E-state index in [1.54, 1.807) is 19.9 Å². The zero-order valence-electron chi connectivity index (χ0n) is 13.3. The summed E-state index contributed by atoms with van der Waals surface area (Å²) in [6, 6.07) is 7.50. The number of amides is 1. The molecular weight excluding hydrogens is 317 g/mol. The lowest BCUT2D eigenvalue weighted by molar-refractivity contribution is -0.140. The van der Waals surface area contributed by atoms with Gasteiger partial charge in [-0.2, -0.15) is 0 Å². The van der Waals surface area contributed by atoms with Gasteiger partial charge in [0.05, 0.1) is 0 Å². The molecule has 0 fully saturated rings. The van der Waals surface area contributed by atoms with Crippen molar-refractivity contribution >= 4 is 11.9 Å². The molecule has 1 aromatic heterocycles. The Morgan fingerprint density at radius 1 is 1.21 bits per heavy atom. The number of nitrogens with one attached hydrogen (secondary N) is 1. The van der Waals surface area contributed by atoms with E-state index in [1.165, 1.54) is 30.3 Å². The molecular formula is C17H18FNO5. The molecule has 2 N–H and O–H groups in total. The molecule has 0 saturated carbocycles. The van der Waals surface area contributed by atoms with Crippen LogP contribution in [0.5, 0.6) is 5.75 Å². The molecule has 1 unspecified atom stereocenters. The fourth-order valence-electron chi connectivity index (χ4n) is 1.99. The van der Waals surface area contributed by atoms with Crippen LogP contribution in [0, 0.1) is 11.7 Å². The number of hydrogen-bond acceptors (Lipinski definition) is 4. The number of aliphatic carboxylic acids is 1. The number of hydrogen-bond donors (Lipinski definition) is 2. The van der Waals surface area contributed by atoms with Crippen LogP contribution in [0.15, 0.2) is 40.8 Å². The topological polar surface area (TPSA) is 88.8 Å².